The molecular formula is C23H29N5O4. The number of anilines is 1. The number of ketones is 1. The number of carbonyl (C=O) groups is 1. The maximum Gasteiger partial charge on any atom is 0.162 e. The normalized spacial score (nSPS) is 24.0. The Kier molecular flexibility index (Phi) is 6.52. The van der Waals surface area contributed by atoms with Crippen molar-refractivity contribution in [3.05, 3.63) is 54.5 Å². The Hall–Kier alpha value is -2.85. The predicted molar refractivity (Wildman–Crippen MR) is 120 cm³/mol. The molecule has 4 rings (SSSR count). The molecule has 1 fully saturated rings. The second-order valence-electron chi connectivity index (χ2n) is 8.42. The van der Waals surface area contributed by atoms with Crippen LogP contribution in [0.5, 0.6) is 0 Å². The van der Waals surface area contributed by atoms with E-state index in [-0.39, 0.29) is 18.8 Å². The van der Waals surface area contributed by atoms with Gasteiger partial charge < -0.3 is 30.2 Å². The molecule has 5 atom stereocenters. The maximum absolute atomic E-state index is 12.8. The van der Waals surface area contributed by atoms with Crippen LogP contribution in [0.4, 0.5) is 5.82 Å². The molecule has 0 bridgehead atoms. The van der Waals surface area contributed by atoms with Crippen molar-refractivity contribution >= 4 is 22.6 Å². The lowest BCUT2D eigenvalue weighted by Crippen LogP contribution is -2.38. The third-order valence-electron chi connectivity index (χ3n) is 6.04. The molecule has 0 spiro atoms. The first kappa shape index (κ1) is 22.3. The van der Waals surface area contributed by atoms with Gasteiger partial charge in [-0.2, -0.15) is 0 Å². The van der Waals surface area contributed by atoms with E-state index in [0.717, 1.165) is 16.8 Å². The minimum absolute atomic E-state index is 0.0219. The van der Waals surface area contributed by atoms with Gasteiger partial charge in [-0.15, -0.1) is 0 Å². The molecule has 0 aliphatic carbocycles. The zero-order valence-electron chi connectivity index (χ0n) is 18.2. The summed E-state index contributed by atoms with van der Waals surface area (Å²) in [7, 11) is 3.78. The third kappa shape index (κ3) is 4.24. The molecule has 0 radical (unpaired) electrons. The number of hydrogen-bond donors (Lipinski definition) is 3. The van der Waals surface area contributed by atoms with E-state index in [1.807, 2.05) is 55.4 Å². The van der Waals surface area contributed by atoms with Crippen LogP contribution in [0.3, 0.4) is 0 Å². The van der Waals surface area contributed by atoms with Crippen LogP contribution in [0.25, 0.3) is 11.0 Å². The third-order valence-corrected chi connectivity index (χ3v) is 6.04. The number of nitrogens with zero attached hydrogens (tertiary/aromatic N) is 4. The number of fused-ring (bicyclic) bond motifs is 1. The molecule has 3 aromatic rings. The summed E-state index contributed by atoms with van der Waals surface area (Å²) in [5.41, 5.74) is 7.73. The smallest absolute Gasteiger partial charge is 0.162 e. The van der Waals surface area contributed by atoms with E-state index in [0.29, 0.717) is 12.1 Å². The van der Waals surface area contributed by atoms with Crippen molar-refractivity contribution in [1.82, 2.24) is 14.5 Å². The first-order chi connectivity index (χ1) is 15.4. The molecule has 1 aliphatic heterocycles. The molecule has 3 heterocycles. The Morgan fingerprint density at radius 3 is 2.69 bits per heavy atom. The van der Waals surface area contributed by atoms with Crippen LogP contribution in [-0.4, -0.2) is 69.5 Å². The van der Waals surface area contributed by atoms with E-state index in [1.54, 1.807) is 10.8 Å². The summed E-state index contributed by atoms with van der Waals surface area (Å²) < 4.78 is 7.71. The van der Waals surface area contributed by atoms with Gasteiger partial charge in [0.25, 0.3) is 0 Å². The highest BCUT2D eigenvalue weighted by Gasteiger charge is 2.45. The van der Waals surface area contributed by atoms with Crippen molar-refractivity contribution in [3.8, 4) is 0 Å². The number of ether oxygens (including phenoxy) is 1. The predicted octanol–water partition coefficient (Wildman–Crippen LogP) is 0.893. The number of aliphatic hydroxyl groups excluding tert-OH is 2. The van der Waals surface area contributed by atoms with Crippen LogP contribution >= 0.6 is 0 Å². The first-order valence-corrected chi connectivity index (χ1v) is 10.7. The molecule has 1 aromatic carbocycles. The number of aliphatic hydroxyl groups is 2. The molecule has 32 heavy (non-hydrogen) atoms. The molecule has 2 aromatic heterocycles. The quantitative estimate of drug-likeness (QED) is 0.472. The molecule has 1 unspecified atom stereocenters. The highest BCUT2D eigenvalue weighted by molar-refractivity contribution is 5.87. The SMILES string of the molecule is CN(C)c1ncnc2c1ccn2[C@@H]1O[C@H](CO)[C@H](CC(=O)[C@@H](N)Cc2ccccc2)C1O. The average molecular weight is 440 g/mol. The van der Waals surface area contributed by atoms with Gasteiger partial charge in [0.15, 0.2) is 6.23 Å². The van der Waals surface area contributed by atoms with Crippen molar-refractivity contribution in [2.24, 2.45) is 11.7 Å². The van der Waals surface area contributed by atoms with Crippen LogP contribution in [0.15, 0.2) is 48.9 Å². The van der Waals surface area contributed by atoms with Crippen molar-refractivity contribution in [2.45, 2.75) is 37.3 Å². The Bertz CT molecular complexity index is 1070. The lowest BCUT2D eigenvalue weighted by Gasteiger charge is -2.21. The zero-order valence-corrected chi connectivity index (χ0v) is 18.2. The van der Waals surface area contributed by atoms with Crippen LogP contribution in [0.2, 0.25) is 0 Å². The molecule has 9 heteroatoms. The Morgan fingerprint density at radius 2 is 2.00 bits per heavy atom. The minimum atomic E-state index is -1.01. The molecule has 9 nitrogen and oxygen atoms in total. The van der Waals surface area contributed by atoms with Gasteiger partial charge in [-0.1, -0.05) is 30.3 Å². The summed E-state index contributed by atoms with van der Waals surface area (Å²) in [5, 5.41) is 21.8. The number of hydrogen-bond acceptors (Lipinski definition) is 8. The van der Waals surface area contributed by atoms with E-state index in [1.165, 1.54) is 6.33 Å². The topological polar surface area (TPSA) is 127 Å². The first-order valence-electron chi connectivity index (χ1n) is 10.7. The number of benzene rings is 1. The molecule has 170 valence electrons. The van der Waals surface area contributed by atoms with Gasteiger partial charge in [-0.3, -0.25) is 4.79 Å². The highest BCUT2D eigenvalue weighted by Crippen LogP contribution is 2.38. The number of aromatic nitrogens is 3. The molecule has 0 saturated carbocycles. The second-order valence-corrected chi connectivity index (χ2v) is 8.42. The lowest BCUT2D eigenvalue weighted by atomic mass is 9.89. The van der Waals surface area contributed by atoms with E-state index in [2.05, 4.69) is 9.97 Å². The van der Waals surface area contributed by atoms with Gasteiger partial charge in [-0.05, 0) is 18.1 Å². The fourth-order valence-electron chi connectivity index (χ4n) is 4.34. The number of carbonyl (C=O) groups excluding carboxylic acids is 1. The zero-order chi connectivity index (χ0) is 22.8. The van der Waals surface area contributed by atoms with E-state index >= 15 is 0 Å². The standard InChI is InChI=1S/C23H29N5O4/c1-27(2)21-15-8-9-28(22(15)26-13-25-21)23-20(31)16(19(12-29)32-23)11-18(30)17(24)10-14-6-4-3-5-7-14/h3-9,13,16-17,19-20,23,29,31H,10-12,24H2,1-2H3/t16-,17-,19+,20?,23+/m0/s1. The van der Waals surface area contributed by atoms with Crippen molar-refractivity contribution in [1.29, 1.82) is 0 Å². The Labute approximate surface area is 186 Å². The van der Waals surface area contributed by atoms with Crippen LogP contribution in [0, 0.1) is 5.92 Å². The van der Waals surface area contributed by atoms with Crippen LogP contribution in [0.1, 0.15) is 18.2 Å². The van der Waals surface area contributed by atoms with Crippen molar-refractivity contribution in [2.75, 3.05) is 25.6 Å². The molecule has 0 amide bonds. The minimum Gasteiger partial charge on any atom is -0.394 e. The largest absolute Gasteiger partial charge is 0.394 e. The summed E-state index contributed by atoms with van der Waals surface area (Å²) in [6.07, 6.45) is 1.21. The maximum atomic E-state index is 12.8. The molecular weight excluding hydrogens is 410 g/mol. The van der Waals surface area contributed by atoms with Crippen LogP contribution < -0.4 is 10.6 Å². The van der Waals surface area contributed by atoms with Gasteiger partial charge in [0.2, 0.25) is 0 Å². The van der Waals surface area contributed by atoms with Gasteiger partial charge >= 0.3 is 0 Å². The van der Waals surface area contributed by atoms with Gasteiger partial charge in [-0.25, -0.2) is 9.97 Å². The Morgan fingerprint density at radius 1 is 1.25 bits per heavy atom. The number of nitrogens with two attached hydrogens (primary N) is 1. The molecule has 1 aliphatic rings. The summed E-state index contributed by atoms with van der Waals surface area (Å²) in [6.45, 7) is -0.309. The van der Waals surface area contributed by atoms with E-state index in [9.17, 15) is 15.0 Å². The summed E-state index contributed by atoms with van der Waals surface area (Å²) in [5.74, 6) is 0.000624. The van der Waals surface area contributed by atoms with E-state index in [4.69, 9.17) is 10.5 Å². The van der Waals surface area contributed by atoms with Gasteiger partial charge in [0, 0.05) is 32.6 Å². The monoisotopic (exact) mass is 439 g/mol. The summed E-state index contributed by atoms with van der Waals surface area (Å²) >= 11 is 0. The van der Waals surface area contributed by atoms with E-state index < -0.39 is 30.4 Å². The summed E-state index contributed by atoms with van der Waals surface area (Å²) in [6, 6.07) is 10.7. The number of rotatable bonds is 8. The fourth-order valence-corrected chi connectivity index (χ4v) is 4.34. The lowest BCUT2D eigenvalue weighted by molar-refractivity contribution is -0.122. The fraction of sp³-hybridized carbons (Fsp3) is 0.435. The van der Waals surface area contributed by atoms with Crippen LogP contribution in [-0.2, 0) is 16.0 Å². The number of Topliss-reactive ketones (excluding diaryl/α,β-unsaturated/α-hetero) is 1. The second kappa shape index (κ2) is 9.33. The van der Waals surface area contributed by atoms with Gasteiger partial charge in [0.05, 0.1) is 24.1 Å². The molecule has 1 saturated heterocycles. The Balaban J connectivity index is 1.53. The molecule has 4 N–H and O–H groups in total. The van der Waals surface area contributed by atoms with Crippen molar-refractivity contribution < 1.29 is 19.7 Å². The average Bonchev–Trinajstić information content (AvgIpc) is 3.35. The van der Waals surface area contributed by atoms with Gasteiger partial charge in [0.1, 0.15) is 29.7 Å². The van der Waals surface area contributed by atoms with Crippen molar-refractivity contribution in [3.63, 3.8) is 0 Å². The highest BCUT2D eigenvalue weighted by atomic mass is 16.5. The summed E-state index contributed by atoms with van der Waals surface area (Å²) in [4.78, 5) is 23.4.